The summed E-state index contributed by atoms with van der Waals surface area (Å²) >= 11 is 7.77. The second kappa shape index (κ2) is 6.00. The molecular weight excluding hydrogens is 302 g/mol. The molecule has 0 aliphatic heterocycles. The topological polar surface area (TPSA) is 37.8 Å². The third-order valence-electron chi connectivity index (χ3n) is 3.27. The molecule has 2 heterocycles. The van der Waals surface area contributed by atoms with Crippen molar-refractivity contribution in [2.24, 2.45) is 0 Å². The molecule has 2 aromatic heterocycles. The third kappa shape index (κ3) is 2.87. The van der Waals surface area contributed by atoms with E-state index >= 15 is 0 Å². The quantitative estimate of drug-likeness (QED) is 0.723. The first-order valence-corrected chi connectivity index (χ1v) is 8.20. The molecule has 0 aliphatic rings. The number of fused-ring (bicyclic) bond motifs is 1. The molecular formula is C16H16ClN3S. The maximum Gasteiger partial charge on any atom is 0.172 e. The van der Waals surface area contributed by atoms with Gasteiger partial charge in [0.1, 0.15) is 5.82 Å². The first-order chi connectivity index (χ1) is 10.2. The third-order valence-corrected chi connectivity index (χ3v) is 4.51. The van der Waals surface area contributed by atoms with Gasteiger partial charge in [-0.25, -0.2) is 9.97 Å². The highest BCUT2D eigenvalue weighted by Gasteiger charge is 2.12. The van der Waals surface area contributed by atoms with Gasteiger partial charge in [-0.2, -0.15) is 0 Å². The second-order valence-electron chi connectivity index (χ2n) is 4.92. The fraction of sp³-hybridized carbons (Fsp3) is 0.250. The number of aryl methyl sites for hydroxylation is 1. The number of nitrogens with zero attached hydrogens (tertiary/aromatic N) is 2. The molecule has 5 heteroatoms. The molecule has 21 heavy (non-hydrogen) atoms. The van der Waals surface area contributed by atoms with E-state index in [1.54, 1.807) is 11.3 Å². The Morgan fingerprint density at radius 2 is 2.10 bits per heavy atom. The van der Waals surface area contributed by atoms with Gasteiger partial charge < -0.3 is 5.32 Å². The maximum atomic E-state index is 6.11. The molecule has 3 nitrogen and oxygen atoms in total. The predicted molar refractivity (Wildman–Crippen MR) is 91.4 cm³/mol. The molecule has 0 amide bonds. The van der Waals surface area contributed by atoms with Crippen LogP contribution in [0.4, 0.5) is 5.82 Å². The van der Waals surface area contributed by atoms with E-state index in [0.717, 1.165) is 40.4 Å². The van der Waals surface area contributed by atoms with Crippen LogP contribution in [-0.2, 0) is 0 Å². The lowest BCUT2D eigenvalue weighted by molar-refractivity contribution is 0.970. The standard InChI is InChI=1S/C16H16ClN3S/c1-3-7-18-15-12-5-4-11(17)9-13(12)19-16(20-15)14-10(2)6-8-21-14/h4-6,8-9H,3,7H2,1-2H3,(H,18,19,20). The molecule has 0 saturated heterocycles. The van der Waals surface area contributed by atoms with E-state index in [9.17, 15) is 0 Å². The Balaban J connectivity index is 2.20. The van der Waals surface area contributed by atoms with Gasteiger partial charge in [-0.05, 0) is 48.6 Å². The molecule has 0 radical (unpaired) electrons. The number of nitrogens with one attached hydrogen (secondary N) is 1. The van der Waals surface area contributed by atoms with Crippen LogP contribution >= 0.6 is 22.9 Å². The van der Waals surface area contributed by atoms with Gasteiger partial charge in [0.15, 0.2) is 5.82 Å². The zero-order valence-corrected chi connectivity index (χ0v) is 13.6. The molecule has 0 spiro atoms. The Morgan fingerprint density at radius 1 is 1.24 bits per heavy atom. The van der Waals surface area contributed by atoms with Crippen LogP contribution in [0.15, 0.2) is 29.6 Å². The number of hydrogen-bond donors (Lipinski definition) is 1. The van der Waals surface area contributed by atoms with Crippen molar-refractivity contribution in [2.45, 2.75) is 20.3 Å². The molecule has 0 fully saturated rings. The highest BCUT2D eigenvalue weighted by Crippen LogP contribution is 2.31. The van der Waals surface area contributed by atoms with E-state index in [1.165, 1.54) is 5.56 Å². The zero-order chi connectivity index (χ0) is 14.8. The SMILES string of the molecule is CCCNc1nc(-c2sccc2C)nc2cc(Cl)ccc12. The van der Waals surface area contributed by atoms with Crippen molar-refractivity contribution in [2.75, 3.05) is 11.9 Å². The van der Waals surface area contributed by atoms with Crippen LogP contribution < -0.4 is 5.32 Å². The molecule has 1 N–H and O–H groups in total. The average Bonchev–Trinajstić information content (AvgIpc) is 2.90. The minimum Gasteiger partial charge on any atom is -0.369 e. The van der Waals surface area contributed by atoms with Gasteiger partial charge in [-0.1, -0.05) is 18.5 Å². The second-order valence-corrected chi connectivity index (χ2v) is 6.27. The van der Waals surface area contributed by atoms with E-state index in [-0.39, 0.29) is 0 Å². The Hall–Kier alpha value is -1.65. The van der Waals surface area contributed by atoms with Gasteiger partial charge in [0.05, 0.1) is 10.4 Å². The monoisotopic (exact) mass is 317 g/mol. The van der Waals surface area contributed by atoms with E-state index < -0.39 is 0 Å². The number of aromatic nitrogens is 2. The summed E-state index contributed by atoms with van der Waals surface area (Å²) < 4.78 is 0. The number of anilines is 1. The molecule has 0 saturated carbocycles. The van der Waals surface area contributed by atoms with Crippen LogP contribution in [0.2, 0.25) is 5.02 Å². The zero-order valence-electron chi connectivity index (χ0n) is 12.0. The smallest absolute Gasteiger partial charge is 0.172 e. The molecule has 1 aromatic carbocycles. The van der Waals surface area contributed by atoms with Crippen molar-refractivity contribution in [3.8, 4) is 10.7 Å². The predicted octanol–water partition coefficient (Wildman–Crippen LogP) is 5.14. The van der Waals surface area contributed by atoms with Crippen molar-refractivity contribution in [3.05, 3.63) is 40.2 Å². The Morgan fingerprint density at radius 3 is 2.81 bits per heavy atom. The summed E-state index contributed by atoms with van der Waals surface area (Å²) in [4.78, 5) is 10.5. The molecule has 3 rings (SSSR count). The van der Waals surface area contributed by atoms with E-state index in [0.29, 0.717) is 5.02 Å². The fourth-order valence-corrected chi connectivity index (χ4v) is 3.21. The summed E-state index contributed by atoms with van der Waals surface area (Å²) in [5.41, 5.74) is 2.07. The Kier molecular flexibility index (Phi) is 4.08. The summed E-state index contributed by atoms with van der Waals surface area (Å²) in [7, 11) is 0. The van der Waals surface area contributed by atoms with Gasteiger partial charge >= 0.3 is 0 Å². The van der Waals surface area contributed by atoms with E-state index in [1.807, 2.05) is 18.2 Å². The number of benzene rings is 1. The first-order valence-electron chi connectivity index (χ1n) is 6.94. The maximum absolute atomic E-state index is 6.11. The molecule has 0 bridgehead atoms. The number of hydrogen-bond acceptors (Lipinski definition) is 4. The Bertz CT molecular complexity index is 782. The summed E-state index contributed by atoms with van der Waals surface area (Å²) in [5, 5.41) is 7.15. The van der Waals surface area contributed by atoms with E-state index in [4.69, 9.17) is 16.6 Å². The highest BCUT2D eigenvalue weighted by molar-refractivity contribution is 7.13. The number of thiophene rings is 1. The normalized spacial score (nSPS) is 11.0. The molecule has 108 valence electrons. The van der Waals surface area contributed by atoms with Crippen LogP contribution in [0.25, 0.3) is 21.6 Å². The lowest BCUT2D eigenvalue weighted by atomic mass is 10.2. The fourth-order valence-electron chi connectivity index (χ4n) is 2.18. The summed E-state index contributed by atoms with van der Waals surface area (Å²) in [6.07, 6.45) is 1.05. The van der Waals surface area contributed by atoms with Gasteiger partial charge in [0.2, 0.25) is 0 Å². The van der Waals surface area contributed by atoms with Crippen molar-refractivity contribution < 1.29 is 0 Å². The lowest BCUT2D eigenvalue weighted by Crippen LogP contribution is -2.04. The highest BCUT2D eigenvalue weighted by atomic mass is 35.5. The molecule has 0 aliphatic carbocycles. The van der Waals surface area contributed by atoms with Crippen molar-refractivity contribution in [1.29, 1.82) is 0 Å². The van der Waals surface area contributed by atoms with Crippen LogP contribution in [0.3, 0.4) is 0 Å². The first kappa shape index (κ1) is 14.3. The summed E-state index contributed by atoms with van der Waals surface area (Å²) in [6, 6.07) is 7.83. The van der Waals surface area contributed by atoms with Crippen LogP contribution in [0.1, 0.15) is 18.9 Å². The van der Waals surface area contributed by atoms with Gasteiger partial charge in [-0.3, -0.25) is 0 Å². The van der Waals surface area contributed by atoms with Crippen LogP contribution in [-0.4, -0.2) is 16.5 Å². The number of rotatable bonds is 4. The molecule has 3 aromatic rings. The number of halogens is 1. The largest absolute Gasteiger partial charge is 0.369 e. The Labute approximate surface area is 133 Å². The summed E-state index contributed by atoms with van der Waals surface area (Å²) in [6.45, 7) is 5.10. The lowest BCUT2D eigenvalue weighted by Gasteiger charge is -2.10. The average molecular weight is 318 g/mol. The van der Waals surface area contributed by atoms with Crippen molar-refractivity contribution in [1.82, 2.24) is 9.97 Å². The van der Waals surface area contributed by atoms with Crippen molar-refractivity contribution in [3.63, 3.8) is 0 Å². The minimum absolute atomic E-state index is 0.691. The molecule has 0 unspecified atom stereocenters. The van der Waals surface area contributed by atoms with Crippen molar-refractivity contribution >= 4 is 39.7 Å². The van der Waals surface area contributed by atoms with Gasteiger partial charge in [0.25, 0.3) is 0 Å². The van der Waals surface area contributed by atoms with Gasteiger partial charge in [-0.15, -0.1) is 11.3 Å². The van der Waals surface area contributed by atoms with E-state index in [2.05, 4.69) is 35.6 Å². The van der Waals surface area contributed by atoms with Crippen LogP contribution in [0.5, 0.6) is 0 Å². The minimum atomic E-state index is 0.691. The van der Waals surface area contributed by atoms with Crippen LogP contribution in [0, 0.1) is 6.92 Å². The summed E-state index contributed by atoms with van der Waals surface area (Å²) in [5.74, 6) is 1.64. The molecule has 0 atom stereocenters. The van der Waals surface area contributed by atoms with Gasteiger partial charge in [0, 0.05) is 17.0 Å².